The highest BCUT2D eigenvalue weighted by Gasteiger charge is 2.15. The van der Waals surface area contributed by atoms with Gasteiger partial charge in [-0.15, -0.1) is 11.8 Å². The highest BCUT2D eigenvalue weighted by Crippen LogP contribution is 2.22. The van der Waals surface area contributed by atoms with Gasteiger partial charge in [-0.25, -0.2) is 4.98 Å². The second-order valence-electron chi connectivity index (χ2n) is 3.91. The third kappa shape index (κ3) is 2.90. The quantitative estimate of drug-likeness (QED) is 0.845. The number of hydrogen-bond donors (Lipinski definition) is 2. The summed E-state index contributed by atoms with van der Waals surface area (Å²) in [5, 5.41) is 12.3. The lowest BCUT2D eigenvalue weighted by Gasteiger charge is -2.09. The van der Waals surface area contributed by atoms with Crippen molar-refractivity contribution in [2.24, 2.45) is 0 Å². The third-order valence-electron chi connectivity index (χ3n) is 2.61. The number of carbonyl (C=O) groups is 1. The van der Waals surface area contributed by atoms with Gasteiger partial charge in [-0.05, 0) is 24.5 Å². The largest absolute Gasteiger partial charge is 0.383 e. The molecule has 20 heavy (non-hydrogen) atoms. The first-order valence-electron chi connectivity index (χ1n) is 5.76. The monoisotopic (exact) mass is 284 g/mol. The predicted molar refractivity (Wildman–Crippen MR) is 79.5 cm³/mol. The van der Waals surface area contributed by atoms with Crippen molar-refractivity contribution in [1.29, 1.82) is 5.26 Å². The highest BCUT2D eigenvalue weighted by atomic mass is 32.2. The minimum Gasteiger partial charge on any atom is -0.383 e. The molecule has 0 aliphatic carbocycles. The van der Waals surface area contributed by atoms with Crippen molar-refractivity contribution in [2.75, 3.05) is 17.3 Å². The van der Waals surface area contributed by atoms with Gasteiger partial charge in [0.05, 0.1) is 11.1 Å². The number of pyridine rings is 1. The van der Waals surface area contributed by atoms with E-state index in [4.69, 9.17) is 11.0 Å². The van der Waals surface area contributed by atoms with E-state index in [0.29, 0.717) is 16.3 Å². The molecule has 1 heterocycles. The van der Waals surface area contributed by atoms with Crippen molar-refractivity contribution in [3.05, 3.63) is 47.5 Å². The molecule has 0 fully saturated rings. The van der Waals surface area contributed by atoms with E-state index in [9.17, 15) is 4.79 Å². The maximum Gasteiger partial charge on any atom is 0.259 e. The molecule has 0 saturated carbocycles. The average Bonchev–Trinajstić information content (AvgIpc) is 2.47. The number of carbonyl (C=O) groups excluding carboxylic acids is 1. The zero-order chi connectivity index (χ0) is 14.5. The molecular formula is C14H12N4OS. The zero-order valence-corrected chi connectivity index (χ0v) is 11.6. The fourth-order valence-corrected chi connectivity index (χ4v) is 2.16. The average molecular weight is 284 g/mol. The van der Waals surface area contributed by atoms with Crippen LogP contribution in [0, 0.1) is 11.3 Å². The molecule has 2 rings (SSSR count). The minimum absolute atomic E-state index is 0.113. The van der Waals surface area contributed by atoms with Gasteiger partial charge >= 0.3 is 0 Å². The van der Waals surface area contributed by atoms with E-state index in [0.717, 1.165) is 0 Å². The molecule has 0 spiro atoms. The smallest absolute Gasteiger partial charge is 0.259 e. The lowest BCUT2D eigenvalue weighted by molar-refractivity contribution is 0.102. The third-order valence-corrected chi connectivity index (χ3v) is 3.31. The fraction of sp³-hybridized carbons (Fsp3) is 0.0714. The second kappa shape index (κ2) is 6.08. The van der Waals surface area contributed by atoms with Gasteiger partial charge in [-0.2, -0.15) is 5.26 Å². The van der Waals surface area contributed by atoms with Crippen molar-refractivity contribution >= 4 is 29.2 Å². The molecule has 0 atom stereocenters. The summed E-state index contributed by atoms with van der Waals surface area (Å²) in [6.45, 7) is 0. The summed E-state index contributed by atoms with van der Waals surface area (Å²) in [5.41, 5.74) is 6.97. The summed E-state index contributed by atoms with van der Waals surface area (Å²) in [5.74, 6) is -0.271. The number of benzene rings is 1. The van der Waals surface area contributed by atoms with E-state index in [1.165, 1.54) is 17.8 Å². The standard InChI is InChI=1S/C14H12N4OS/c1-20-14-9(8-15)7-11(12(16)18-14)13(19)17-10-5-3-2-4-6-10/h2-7H,1H3,(H2,16,18)(H,17,19). The summed E-state index contributed by atoms with van der Waals surface area (Å²) >= 11 is 1.31. The maximum absolute atomic E-state index is 12.2. The predicted octanol–water partition coefficient (Wildman–Crippen LogP) is 2.51. The lowest BCUT2D eigenvalue weighted by Crippen LogP contribution is -2.15. The molecule has 5 nitrogen and oxygen atoms in total. The van der Waals surface area contributed by atoms with E-state index in [2.05, 4.69) is 10.3 Å². The van der Waals surface area contributed by atoms with Crippen LogP contribution in [0.4, 0.5) is 11.5 Å². The molecule has 0 aliphatic heterocycles. The number of hydrogen-bond acceptors (Lipinski definition) is 5. The van der Waals surface area contributed by atoms with Crippen LogP contribution >= 0.6 is 11.8 Å². The minimum atomic E-state index is -0.384. The summed E-state index contributed by atoms with van der Waals surface area (Å²) in [7, 11) is 0. The van der Waals surface area contributed by atoms with Crippen molar-refractivity contribution in [2.45, 2.75) is 5.03 Å². The number of aromatic nitrogens is 1. The summed E-state index contributed by atoms with van der Waals surface area (Å²) in [4.78, 5) is 16.2. The van der Waals surface area contributed by atoms with Crippen LogP contribution in [0.3, 0.4) is 0 Å². The summed E-state index contributed by atoms with van der Waals surface area (Å²) in [6, 6.07) is 12.5. The number of amides is 1. The van der Waals surface area contributed by atoms with Crippen LogP contribution in [0.5, 0.6) is 0 Å². The van der Waals surface area contributed by atoms with Gasteiger partial charge in [0.15, 0.2) is 0 Å². The number of nitrogens with zero attached hydrogens (tertiary/aromatic N) is 2. The van der Waals surface area contributed by atoms with Crippen LogP contribution in [0.1, 0.15) is 15.9 Å². The Kier molecular flexibility index (Phi) is 4.23. The molecule has 6 heteroatoms. The van der Waals surface area contributed by atoms with Crippen molar-refractivity contribution < 1.29 is 4.79 Å². The molecule has 2 aromatic rings. The first kappa shape index (κ1) is 13.9. The number of nitrogens with two attached hydrogens (primary N) is 1. The van der Waals surface area contributed by atoms with E-state index < -0.39 is 0 Å². The van der Waals surface area contributed by atoms with Gasteiger partial charge in [0, 0.05) is 5.69 Å². The highest BCUT2D eigenvalue weighted by molar-refractivity contribution is 7.98. The van der Waals surface area contributed by atoms with Crippen LogP contribution in [0.25, 0.3) is 0 Å². The molecule has 0 saturated heterocycles. The Hall–Kier alpha value is -2.52. The van der Waals surface area contributed by atoms with Gasteiger partial charge in [0.1, 0.15) is 16.9 Å². The molecule has 100 valence electrons. The number of anilines is 2. The normalized spacial score (nSPS) is 9.80. The van der Waals surface area contributed by atoms with E-state index in [-0.39, 0.29) is 17.3 Å². The van der Waals surface area contributed by atoms with Crippen LogP contribution < -0.4 is 11.1 Å². The fourth-order valence-electron chi connectivity index (χ4n) is 1.65. The molecule has 0 aliphatic rings. The molecule has 1 aromatic heterocycles. The Morgan fingerprint density at radius 3 is 2.70 bits per heavy atom. The van der Waals surface area contributed by atoms with E-state index in [1.54, 1.807) is 18.4 Å². The SMILES string of the molecule is CSc1nc(N)c(C(=O)Nc2ccccc2)cc1C#N. The number of nitrogen functional groups attached to an aromatic ring is 1. The van der Waals surface area contributed by atoms with Crippen LogP contribution in [0.2, 0.25) is 0 Å². The number of thioether (sulfide) groups is 1. The first-order valence-corrected chi connectivity index (χ1v) is 6.99. The molecule has 1 aromatic carbocycles. The van der Waals surface area contributed by atoms with Crippen LogP contribution in [0.15, 0.2) is 41.4 Å². The number of para-hydroxylation sites is 1. The lowest BCUT2D eigenvalue weighted by atomic mass is 10.2. The number of nitriles is 1. The molecular weight excluding hydrogens is 272 g/mol. The van der Waals surface area contributed by atoms with E-state index >= 15 is 0 Å². The number of nitrogens with one attached hydrogen (secondary N) is 1. The molecule has 0 bridgehead atoms. The van der Waals surface area contributed by atoms with Crippen LogP contribution in [-0.4, -0.2) is 17.1 Å². The molecule has 0 radical (unpaired) electrons. The van der Waals surface area contributed by atoms with Crippen molar-refractivity contribution in [3.63, 3.8) is 0 Å². The molecule has 1 amide bonds. The Morgan fingerprint density at radius 2 is 2.10 bits per heavy atom. The van der Waals surface area contributed by atoms with Gasteiger partial charge in [-0.3, -0.25) is 4.79 Å². The second-order valence-corrected chi connectivity index (χ2v) is 4.70. The maximum atomic E-state index is 12.2. The van der Waals surface area contributed by atoms with Crippen molar-refractivity contribution in [3.8, 4) is 6.07 Å². The Bertz CT molecular complexity index is 680. The summed E-state index contributed by atoms with van der Waals surface area (Å²) < 4.78 is 0. The Morgan fingerprint density at radius 1 is 1.40 bits per heavy atom. The van der Waals surface area contributed by atoms with Crippen LogP contribution in [-0.2, 0) is 0 Å². The van der Waals surface area contributed by atoms with Gasteiger partial charge in [0.25, 0.3) is 5.91 Å². The topological polar surface area (TPSA) is 91.8 Å². The Balaban J connectivity index is 2.33. The number of rotatable bonds is 3. The van der Waals surface area contributed by atoms with Gasteiger partial charge in [-0.1, -0.05) is 18.2 Å². The zero-order valence-electron chi connectivity index (χ0n) is 10.8. The molecule has 0 unspecified atom stereocenters. The Labute approximate surface area is 120 Å². The molecule has 3 N–H and O–H groups in total. The van der Waals surface area contributed by atoms with Gasteiger partial charge < -0.3 is 11.1 Å². The van der Waals surface area contributed by atoms with Gasteiger partial charge in [0.2, 0.25) is 0 Å². The first-order chi connectivity index (χ1) is 9.65. The van der Waals surface area contributed by atoms with E-state index in [1.807, 2.05) is 24.3 Å². The summed E-state index contributed by atoms with van der Waals surface area (Å²) in [6.07, 6.45) is 1.80. The van der Waals surface area contributed by atoms with Crippen molar-refractivity contribution in [1.82, 2.24) is 4.98 Å².